The number of ether oxygens (including phenoxy) is 1. The minimum atomic E-state index is 0.0426. The summed E-state index contributed by atoms with van der Waals surface area (Å²) in [6, 6.07) is 5.52. The number of pyridine rings is 1. The second kappa shape index (κ2) is 7.49. The third kappa shape index (κ3) is 5.19. The Morgan fingerprint density at radius 1 is 1.41 bits per heavy atom. The van der Waals surface area contributed by atoms with Crippen LogP contribution >= 0.6 is 0 Å². The number of hydrogen-bond acceptors (Lipinski definition) is 4. The molecule has 1 aromatic rings. The van der Waals surface area contributed by atoms with E-state index in [4.69, 9.17) is 4.74 Å². The molecule has 0 aliphatic carbocycles. The second-order valence-corrected chi connectivity index (χ2v) is 3.42. The molecule has 0 fully saturated rings. The van der Waals surface area contributed by atoms with Crippen LogP contribution in [0.5, 0.6) is 5.88 Å². The Morgan fingerprint density at radius 2 is 2.24 bits per heavy atom. The highest BCUT2D eigenvalue weighted by atomic mass is 16.5. The molecule has 1 heterocycles. The van der Waals surface area contributed by atoms with Crippen LogP contribution in [-0.4, -0.2) is 30.6 Å². The van der Waals surface area contributed by atoms with Crippen molar-refractivity contribution in [1.29, 1.82) is 0 Å². The molecule has 17 heavy (non-hydrogen) atoms. The molecule has 0 aliphatic heterocycles. The molecule has 0 atom stereocenters. The molecule has 0 aliphatic rings. The number of carbonyl (C=O) groups excluding carboxylic acids is 1. The lowest BCUT2D eigenvalue weighted by Crippen LogP contribution is -2.24. The molecule has 0 aromatic carbocycles. The number of nitrogens with one attached hydrogen (secondary N) is 2. The molecule has 5 heteroatoms. The first-order valence-corrected chi connectivity index (χ1v) is 5.86. The van der Waals surface area contributed by atoms with Crippen LogP contribution < -0.4 is 15.4 Å². The number of rotatable bonds is 7. The third-order valence-electron chi connectivity index (χ3n) is 2.05. The molecule has 94 valence electrons. The quantitative estimate of drug-likeness (QED) is 0.752. The number of aromatic nitrogens is 1. The van der Waals surface area contributed by atoms with Crippen LogP contribution in [0.25, 0.3) is 0 Å². The van der Waals surface area contributed by atoms with Crippen LogP contribution in [0.3, 0.4) is 0 Å². The Labute approximate surface area is 102 Å². The summed E-state index contributed by atoms with van der Waals surface area (Å²) in [5.41, 5.74) is 0. The zero-order valence-corrected chi connectivity index (χ0v) is 10.3. The van der Waals surface area contributed by atoms with Crippen LogP contribution in [0.4, 0.5) is 5.82 Å². The summed E-state index contributed by atoms with van der Waals surface area (Å²) in [5, 5.41) is 5.82. The molecule has 1 rings (SSSR count). The second-order valence-electron chi connectivity index (χ2n) is 3.42. The van der Waals surface area contributed by atoms with E-state index in [0.29, 0.717) is 32.0 Å². The van der Waals surface area contributed by atoms with Gasteiger partial charge in [0.2, 0.25) is 11.8 Å². The van der Waals surface area contributed by atoms with Crippen molar-refractivity contribution in [1.82, 2.24) is 10.3 Å². The first-order chi connectivity index (χ1) is 8.26. The van der Waals surface area contributed by atoms with Crippen molar-refractivity contribution in [3.63, 3.8) is 0 Å². The van der Waals surface area contributed by atoms with Gasteiger partial charge in [-0.3, -0.25) is 4.79 Å². The predicted molar refractivity (Wildman–Crippen MR) is 67.2 cm³/mol. The number of amides is 1. The molecule has 0 unspecified atom stereocenters. The normalized spacial score (nSPS) is 9.76. The lowest BCUT2D eigenvalue weighted by Gasteiger charge is -2.07. The highest BCUT2D eigenvalue weighted by Crippen LogP contribution is 2.10. The zero-order valence-electron chi connectivity index (χ0n) is 10.3. The van der Waals surface area contributed by atoms with Gasteiger partial charge in [-0.15, -0.1) is 0 Å². The Balaban J connectivity index is 2.35. The molecule has 0 radical (unpaired) electrons. The van der Waals surface area contributed by atoms with Crippen molar-refractivity contribution in [2.75, 3.05) is 25.0 Å². The van der Waals surface area contributed by atoms with Crippen molar-refractivity contribution in [3.05, 3.63) is 18.2 Å². The maximum atomic E-state index is 11.2. The van der Waals surface area contributed by atoms with E-state index in [-0.39, 0.29) is 5.91 Å². The molecule has 1 aromatic heterocycles. The van der Waals surface area contributed by atoms with Gasteiger partial charge in [0.25, 0.3) is 0 Å². The molecule has 0 saturated carbocycles. The first-order valence-electron chi connectivity index (χ1n) is 5.86. The summed E-state index contributed by atoms with van der Waals surface area (Å²) in [5.74, 6) is 1.36. The summed E-state index contributed by atoms with van der Waals surface area (Å²) in [7, 11) is 0. The van der Waals surface area contributed by atoms with Gasteiger partial charge in [-0.25, -0.2) is 0 Å². The van der Waals surface area contributed by atoms with Gasteiger partial charge in [0, 0.05) is 25.6 Å². The van der Waals surface area contributed by atoms with Gasteiger partial charge in [0.05, 0.1) is 6.61 Å². The maximum absolute atomic E-state index is 11.2. The van der Waals surface area contributed by atoms with Crippen LogP contribution in [0, 0.1) is 0 Å². The number of nitrogens with zero attached hydrogens (tertiary/aromatic N) is 1. The molecule has 0 bridgehead atoms. The Hall–Kier alpha value is -1.78. The highest BCUT2D eigenvalue weighted by Gasteiger charge is 2.00. The topological polar surface area (TPSA) is 63.2 Å². The van der Waals surface area contributed by atoms with Gasteiger partial charge in [-0.05, 0) is 19.9 Å². The van der Waals surface area contributed by atoms with Crippen molar-refractivity contribution >= 4 is 11.7 Å². The Morgan fingerprint density at radius 3 is 2.94 bits per heavy atom. The van der Waals surface area contributed by atoms with E-state index < -0.39 is 0 Å². The van der Waals surface area contributed by atoms with Crippen molar-refractivity contribution in [3.8, 4) is 5.88 Å². The molecular formula is C12H19N3O2. The smallest absolute Gasteiger partial charge is 0.221 e. The Bertz CT molecular complexity index is 355. The fraction of sp³-hybridized carbons (Fsp3) is 0.500. The maximum Gasteiger partial charge on any atom is 0.221 e. The van der Waals surface area contributed by atoms with Crippen molar-refractivity contribution in [2.45, 2.75) is 20.3 Å². The summed E-state index contributed by atoms with van der Waals surface area (Å²) in [6.45, 7) is 5.63. The summed E-state index contributed by atoms with van der Waals surface area (Å²) < 4.78 is 5.28. The lowest BCUT2D eigenvalue weighted by molar-refractivity contribution is -0.120. The minimum Gasteiger partial charge on any atom is -0.478 e. The van der Waals surface area contributed by atoms with Gasteiger partial charge in [-0.1, -0.05) is 6.07 Å². The number of hydrogen-bond donors (Lipinski definition) is 2. The van der Waals surface area contributed by atoms with Crippen LogP contribution in [0.15, 0.2) is 18.2 Å². The largest absolute Gasteiger partial charge is 0.478 e. The van der Waals surface area contributed by atoms with E-state index in [1.807, 2.05) is 26.0 Å². The van der Waals surface area contributed by atoms with E-state index in [0.717, 1.165) is 5.82 Å². The van der Waals surface area contributed by atoms with Crippen molar-refractivity contribution < 1.29 is 9.53 Å². The van der Waals surface area contributed by atoms with Gasteiger partial charge in [0.1, 0.15) is 5.82 Å². The molecule has 0 saturated heterocycles. The van der Waals surface area contributed by atoms with Gasteiger partial charge in [0.15, 0.2) is 0 Å². The monoisotopic (exact) mass is 237 g/mol. The van der Waals surface area contributed by atoms with Gasteiger partial charge in [-0.2, -0.15) is 4.98 Å². The van der Waals surface area contributed by atoms with Crippen LogP contribution in [0.1, 0.15) is 20.3 Å². The fourth-order valence-electron chi connectivity index (χ4n) is 1.33. The standard InChI is InChI=1S/C12H19N3O2/c1-3-13-11(16)8-9-14-10-6-5-7-12(15-10)17-4-2/h5-7H,3-4,8-9H2,1-2H3,(H,13,16)(H,14,15). The average molecular weight is 237 g/mol. The minimum absolute atomic E-state index is 0.0426. The summed E-state index contributed by atoms with van der Waals surface area (Å²) in [4.78, 5) is 15.4. The molecule has 2 N–H and O–H groups in total. The Kier molecular flexibility index (Phi) is 5.85. The summed E-state index contributed by atoms with van der Waals surface area (Å²) in [6.07, 6.45) is 0.439. The molecule has 0 spiro atoms. The predicted octanol–water partition coefficient (Wildman–Crippen LogP) is 1.42. The van der Waals surface area contributed by atoms with E-state index in [1.165, 1.54) is 0 Å². The molecule has 5 nitrogen and oxygen atoms in total. The van der Waals surface area contributed by atoms with Crippen molar-refractivity contribution in [2.24, 2.45) is 0 Å². The zero-order chi connectivity index (χ0) is 12.5. The fourth-order valence-corrected chi connectivity index (χ4v) is 1.33. The highest BCUT2D eigenvalue weighted by molar-refractivity contribution is 5.76. The van der Waals surface area contributed by atoms with E-state index >= 15 is 0 Å². The molecular weight excluding hydrogens is 218 g/mol. The SMILES string of the molecule is CCNC(=O)CCNc1cccc(OCC)n1. The van der Waals surface area contributed by atoms with E-state index in [9.17, 15) is 4.79 Å². The van der Waals surface area contributed by atoms with Gasteiger partial charge >= 0.3 is 0 Å². The third-order valence-corrected chi connectivity index (χ3v) is 2.05. The van der Waals surface area contributed by atoms with Crippen LogP contribution in [0.2, 0.25) is 0 Å². The van der Waals surface area contributed by atoms with E-state index in [1.54, 1.807) is 6.07 Å². The van der Waals surface area contributed by atoms with E-state index in [2.05, 4.69) is 15.6 Å². The average Bonchev–Trinajstić information content (AvgIpc) is 2.30. The number of anilines is 1. The van der Waals surface area contributed by atoms with Gasteiger partial charge < -0.3 is 15.4 Å². The summed E-state index contributed by atoms with van der Waals surface area (Å²) >= 11 is 0. The lowest BCUT2D eigenvalue weighted by atomic mass is 10.4. The first kappa shape index (κ1) is 13.3. The van der Waals surface area contributed by atoms with Crippen LogP contribution in [-0.2, 0) is 4.79 Å². The molecule has 1 amide bonds. The number of carbonyl (C=O) groups is 1.